The number of nitrogens with one attached hydrogen (secondary N) is 2. The third-order valence-electron chi connectivity index (χ3n) is 6.67. The number of halogens is 1. The summed E-state index contributed by atoms with van der Waals surface area (Å²) in [6.45, 7) is -0.326. The Labute approximate surface area is 240 Å². The highest BCUT2D eigenvalue weighted by Crippen LogP contribution is 2.54. The molecule has 0 saturated carbocycles. The van der Waals surface area contributed by atoms with Crippen LogP contribution in [0.25, 0.3) is 0 Å². The quantitative estimate of drug-likeness (QED) is 0.220. The zero-order chi connectivity index (χ0) is 28.0. The number of carbonyl (C=O) groups is 3. The molecule has 3 atom stereocenters. The number of carbonyl (C=O) groups excluding carboxylic acids is 3. The molecule has 6 rings (SSSR count). The first kappa shape index (κ1) is 26.2. The van der Waals surface area contributed by atoms with Crippen molar-refractivity contribution in [2.24, 2.45) is 5.92 Å². The molecule has 1 aromatic heterocycles. The Bertz CT molecular complexity index is 1690. The van der Waals surface area contributed by atoms with Gasteiger partial charge in [0.1, 0.15) is 16.7 Å². The summed E-state index contributed by atoms with van der Waals surface area (Å²) < 4.78 is 5.93. The van der Waals surface area contributed by atoms with E-state index in [9.17, 15) is 24.3 Å². The number of aromatic nitrogens is 1. The van der Waals surface area contributed by atoms with Crippen molar-refractivity contribution < 1.29 is 24.2 Å². The van der Waals surface area contributed by atoms with Crippen LogP contribution in [0.5, 0.6) is 11.5 Å². The van der Waals surface area contributed by atoms with Gasteiger partial charge in [-0.15, -0.1) is 0 Å². The van der Waals surface area contributed by atoms with Gasteiger partial charge in [0.15, 0.2) is 6.61 Å². The first-order valence-electron chi connectivity index (χ1n) is 12.1. The molecule has 2 aliphatic heterocycles. The van der Waals surface area contributed by atoms with Gasteiger partial charge in [-0.3, -0.25) is 19.2 Å². The summed E-state index contributed by atoms with van der Waals surface area (Å²) in [6.07, 6.45) is 0. The third-order valence-corrected chi connectivity index (χ3v) is 9.33. The number of phenolic OH excluding ortho intramolecular Hbond substituents is 1. The molecule has 0 bridgehead atoms. The Kier molecular flexibility index (Phi) is 6.87. The Morgan fingerprint density at radius 1 is 1.00 bits per heavy atom. The lowest BCUT2D eigenvalue weighted by Gasteiger charge is -2.30. The molecule has 0 spiro atoms. The smallest absolute Gasteiger partial charge is 0.305 e. The minimum absolute atomic E-state index is 0.0770. The molecular weight excluding hydrogens is 574 g/mol. The summed E-state index contributed by atoms with van der Waals surface area (Å²) in [5.74, 6) is -2.22. The highest BCUT2D eigenvalue weighted by molar-refractivity contribution is 8.00. The van der Waals surface area contributed by atoms with Crippen LogP contribution < -0.4 is 19.8 Å². The molecular formula is C28H20ClN3O6S2. The Balaban J connectivity index is 1.33. The fourth-order valence-corrected chi connectivity index (χ4v) is 7.58. The van der Waals surface area contributed by atoms with Crippen LogP contribution in [0.3, 0.4) is 0 Å². The molecule has 3 aromatic carbocycles. The van der Waals surface area contributed by atoms with Crippen LogP contribution in [0.4, 0.5) is 11.4 Å². The van der Waals surface area contributed by atoms with E-state index < -0.39 is 23.0 Å². The van der Waals surface area contributed by atoms with E-state index in [1.165, 1.54) is 28.8 Å². The number of aromatic hydroxyl groups is 1. The highest BCUT2D eigenvalue weighted by Gasteiger charge is 2.56. The van der Waals surface area contributed by atoms with Crippen molar-refractivity contribution in [1.82, 2.24) is 4.98 Å². The second-order valence-electron chi connectivity index (χ2n) is 9.16. The standard InChI is InChI=1S/C28H20ClN3O6S2/c29-14-5-9-16(10-6-14)32-26(35)22-21(23-25(31-28(37)40-23)39-24(22)27(32)36)18-3-1-2-4-19(18)38-13-20(34)30-15-7-11-17(33)12-8-15/h1-12,21-22,24,33H,13H2,(H,30,34)(H,31,37)/t21-,22-,24+/m0/s1. The number of ether oxygens (including phenoxy) is 1. The average molecular weight is 594 g/mol. The molecule has 1 saturated heterocycles. The zero-order valence-corrected chi connectivity index (χ0v) is 22.9. The largest absolute Gasteiger partial charge is 0.508 e. The van der Waals surface area contributed by atoms with E-state index >= 15 is 0 Å². The van der Waals surface area contributed by atoms with Crippen LogP contribution in [0, 0.1) is 5.92 Å². The number of phenols is 1. The topological polar surface area (TPSA) is 129 Å². The minimum atomic E-state index is -0.803. The van der Waals surface area contributed by atoms with Gasteiger partial charge in [-0.1, -0.05) is 52.9 Å². The second-order valence-corrected chi connectivity index (χ2v) is 11.8. The maximum Gasteiger partial charge on any atom is 0.305 e. The van der Waals surface area contributed by atoms with Gasteiger partial charge in [-0.05, 0) is 54.6 Å². The number of benzene rings is 3. The molecule has 12 heteroatoms. The Morgan fingerprint density at radius 2 is 1.73 bits per heavy atom. The van der Waals surface area contributed by atoms with Crippen LogP contribution in [0.15, 0.2) is 82.6 Å². The molecule has 0 unspecified atom stereocenters. The van der Waals surface area contributed by atoms with Crippen molar-refractivity contribution in [3.05, 3.63) is 97.9 Å². The maximum atomic E-state index is 13.9. The van der Waals surface area contributed by atoms with Crippen molar-refractivity contribution >= 4 is 63.8 Å². The van der Waals surface area contributed by atoms with Gasteiger partial charge in [0.2, 0.25) is 11.8 Å². The average Bonchev–Trinajstić information content (AvgIpc) is 3.44. The SMILES string of the molecule is O=C(COc1ccccc1[C@@H]1c2sc(=O)[nH]c2S[C@H]2C(=O)N(c3ccc(Cl)cc3)C(=O)[C@@H]12)Nc1ccc(O)cc1. The maximum absolute atomic E-state index is 13.9. The number of hydrogen-bond donors (Lipinski definition) is 3. The fraction of sp³-hybridized carbons (Fsp3) is 0.143. The molecule has 3 heterocycles. The summed E-state index contributed by atoms with van der Waals surface area (Å²) in [4.78, 5) is 56.8. The molecule has 202 valence electrons. The van der Waals surface area contributed by atoms with Crippen molar-refractivity contribution in [3.63, 3.8) is 0 Å². The monoisotopic (exact) mass is 593 g/mol. The minimum Gasteiger partial charge on any atom is -0.508 e. The number of aromatic amines is 1. The molecule has 0 aliphatic carbocycles. The number of anilines is 2. The number of imide groups is 1. The number of para-hydroxylation sites is 1. The number of amides is 3. The molecule has 3 N–H and O–H groups in total. The van der Waals surface area contributed by atoms with E-state index in [0.29, 0.717) is 37.6 Å². The lowest BCUT2D eigenvalue weighted by Crippen LogP contribution is -2.32. The number of H-pyrrole nitrogens is 1. The van der Waals surface area contributed by atoms with E-state index in [4.69, 9.17) is 16.3 Å². The van der Waals surface area contributed by atoms with Crippen LogP contribution in [0.1, 0.15) is 16.4 Å². The summed E-state index contributed by atoms with van der Waals surface area (Å²) in [5.41, 5.74) is 1.50. The molecule has 3 amide bonds. The lowest BCUT2D eigenvalue weighted by molar-refractivity contribution is -0.122. The van der Waals surface area contributed by atoms with E-state index in [2.05, 4.69) is 10.3 Å². The van der Waals surface area contributed by atoms with E-state index in [-0.39, 0.29) is 29.0 Å². The fourth-order valence-electron chi connectivity index (χ4n) is 4.95. The second kappa shape index (κ2) is 10.5. The number of rotatable bonds is 6. The van der Waals surface area contributed by atoms with Gasteiger partial charge in [0, 0.05) is 27.1 Å². The molecule has 1 fully saturated rings. The van der Waals surface area contributed by atoms with E-state index in [0.717, 1.165) is 11.3 Å². The number of thiazole rings is 1. The van der Waals surface area contributed by atoms with Crippen LogP contribution in [0.2, 0.25) is 5.02 Å². The normalized spacial score (nSPS) is 19.7. The Hall–Kier alpha value is -4.06. The van der Waals surface area contributed by atoms with Crippen LogP contribution >= 0.6 is 34.7 Å². The predicted octanol–water partition coefficient (Wildman–Crippen LogP) is 4.61. The van der Waals surface area contributed by atoms with Gasteiger partial charge < -0.3 is 20.1 Å². The van der Waals surface area contributed by atoms with Gasteiger partial charge in [-0.25, -0.2) is 4.90 Å². The van der Waals surface area contributed by atoms with Gasteiger partial charge in [0.05, 0.1) is 16.6 Å². The van der Waals surface area contributed by atoms with Crippen molar-refractivity contribution in [3.8, 4) is 11.5 Å². The number of nitrogens with zero attached hydrogens (tertiary/aromatic N) is 1. The number of hydrogen-bond acceptors (Lipinski definition) is 8. The summed E-state index contributed by atoms with van der Waals surface area (Å²) in [5, 5.41) is 12.4. The predicted molar refractivity (Wildman–Crippen MR) is 153 cm³/mol. The summed E-state index contributed by atoms with van der Waals surface area (Å²) in [6, 6.07) is 19.5. The molecule has 40 heavy (non-hydrogen) atoms. The molecule has 2 aliphatic rings. The van der Waals surface area contributed by atoms with E-state index in [1.54, 1.807) is 60.7 Å². The first-order chi connectivity index (χ1) is 19.3. The van der Waals surface area contributed by atoms with E-state index in [1.807, 2.05) is 0 Å². The van der Waals surface area contributed by atoms with Gasteiger partial charge in [-0.2, -0.15) is 0 Å². The zero-order valence-electron chi connectivity index (χ0n) is 20.5. The third kappa shape index (κ3) is 4.76. The summed E-state index contributed by atoms with van der Waals surface area (Å²) in [7, 11) is 0. The number of thioether (sulfide) groups is 1. The van der Waals surface area contributed by atoms with Crippen LogP contribution in [-0.4, -0.2) is 39.7 Å². The Morgan fingerprint density at radius 3 is 2.48 bits per heavy atom. The molecule has 9 nitrogen and oxygen atoms in total. The van der Waals surface area contributed by atoms with Crippen molar-refractivity contribution in [2.45, 2.75) is 16.2 Å². The molecule has 0 radical (unpaired) electrons. The van der Waals surface area contributed by atoms with Crippen molar-refractivity contribution in [1.29, 1.82) is 0 Å². The van der Waals surface area contributed by atoms with Gasteiger partial charge >= 0.3 is 4.87 Å². The number of fused-ring (bicyclic) bond motifs is 2. The van der Waals surface area contributed by atoms with Gasteiger partial charge in [0.25, 0.3) is 5.91 Å². The molecule has 4 aromatic rings. The summed E-state index contributed by atoms with van der Waals surface area (Å²) >= 11 is 8.20. The highest BCUT2D eigenvalue weighted by atomic mass is 35.5. The lowest BCUT2D eigenvalue weighted by atomic mass is 9.82. The first-order valence-corrected chi connectivity index (χ1v) is 14.2. The van der Waals surface area contributed by atoms with Crippen LogP contribution in [-0.2, 0) is 14.4 Å². The van der Waals surface area contributed by atoms with Crippen molar-refractivity contribution in [2.75, 3.05) is 16.8 Å².